The Labute approximate surface area is 102 Å². The number of hydrogen-bond acceptors (Lipinski definition) is 3. The van der Waals surface area contributed by atoms with E-state index in [1.165, 1.54) is 12.1 Å². The molecule has 1 aromatic rings. The van der Waals surface area contributed by atoms with Crippen LogP contribution in [0.15, 0.2) is 22.7 Å². The Morgan fingerprint density at radius 2 is 2.06 bits per heavy atom. The highest BCUT2D eigenvalue weighted by Gasteiger charge is 2.14. The van der Waals surface area contributed by atoms with Crippen molar-refractivity contribution in [1.29, 1.82) is 0 Å². The molecule has 0 bridgehead atoms. The third-order valence-corrected chi connectivity index (χ3v) is 3.37. The van der Waals surface area contributed by atoms with Crippen molar-refractivity contribution in [3.05, 3.63) is 34.1 Å². The molecular formula is C10H10BrFO3S. The molecule has 0 fully saturated rings. The van der Waals surface area contributed by atoms with Gasteiger partial charge in [-0.2, -0.15) is 0 Å². The lowest BCUT2D eigenvalue weighted by Crippen LogP contribution is -2.10. The van der Waals surface area contributed by atoms with Crippen molar-refractivity contribution >= 4 is 31.6 Å². The van der Waals surface area contributed by atoms with Crippen LogP contribution in [0.5, 0.6) is 0 Å². The van der Waals surface area contributed by atoms with Gasteiger partial charge in [-0.25, -0.2) is 12.8 Å². The first-order chi connectivity index (χ1) is 7.29. The van der Waals surface area contributed by atoms with Gasteiger partial charge in [-0.3, -0.25) is 4.79 Å². The molecule has 0 N–H and O–H groups in total. The second-order valence-electron chi connectivity index (χ2n) is 3.43. The number of carbonyl (C=O) groups excluding carboxylic acids is 1. The Kier molecular flexibility index (Phi) is 4.21. The first kappa shape index (κ1) is 13.3. The molecule has 1 rings (SSSR count). The van der Waals surface area contributed by atoms with Crippen molar-refractivity contribution in [3.63, 3.8) is 0 Å². The van der Waals surface area contributed by atoms with E-state index in [4.69, 9.17) is 0 Å². The number of carbonyl (C=O) groups is 1. The number of Topliss-reactive ketones (excluding diaryl/α,β-unsaturated/α-hetero) is 1. The number of sulfone groups is 1. The number of ketones is 1. The maximum atomic E-state index is 13.2. The second kappa shape index (κ2) is 5.05. The van der Waals surface area contributed by atoms with Gasteiger partial charge in [0.05, 0.1) is 11.3 Å². The lowest BCUT2D eigenvalue weighted by molar-refractivity contribution is 0.0985. The predicted molar refractivity (Wildman–Crippen MR) is 62.8 cm³/mol. The normalized spacial score (nSPS) is 11.4. The quantitative estimate of drug-likeness (QED) is 0.801. The van der Waals surface area contributed by atoms with Gasteiger partial charge in [0, 0.05) is 17.1 Å². The maximum Gasteiger partial charge on any atom is 0.166 e. The molecule has 0 heterocycles. The fraction of sp³-hybridized carbons (Fsp3) is 0.300. The minimum atomic E-state index is -3.21. The van der Waals surface area contributed by atoms with E-state index in [1.54, 1.807) is 0 Å². The van der Waals surface area contributed by atoms with Gasteiger partial charge in [-0.05, 0) is 18.2 Å². The highest BCUT2D eigenvalue weighted by molar-refractivity contribution is 9.10. The van der Waals surface area contributed by atoms with Crippen LogP contribution in [-0.2, 0) is 9.84 Å². The Bertz CT molecular complexity index is 511. The summed E-state index contributed by atoms with van der Waals surface area (Å²) in [7, 11) is -3.21. The molecule has 0 saturated heterocycles. The average Bonchev–Trinajstić information content (AvgIpc) is 2.17. The number of benzene rings is 1. The van der Waals surface area contributed by atoms with Crippen molar-refractivity contribution in [2.24, 2.45) is 0 Å². The van der Waals surface area contributed by atoms with Gasteiger partial charge >= 0.3 is 0 Å². The fourth-order valence-electron chi connectivity index (χ4n) is 1.12. The Morgan fingerprint density at radius 1 is 1.44 bits per heavy atom. The standard InChI is InChI=1S/C10H10BrFO3S/c1-16(14,15)5-4-10(13)8-6-7(11)2-3-9(8)12/h2-3,6H,4-5H2,1H3. The largest absolute Gasteiger partial charge is 0.294 e. The van der Waals surface area contributed by atoms with Crippen LogP contribution in [0.3, 0.4) is 0 Å². The lowest BCUT2D eigenvalue weighted by atomic mass is 10.1. The van der Waals surface area contributed by atoms with Crippen molar-refractivity contribution in [2.45, 2.75) is 6.42 Å². The zero-order valence-electron chi connectivity index (χ0n) is 8.54. The van der Waals surface area contributed by atoms with E-state index < -0.39 is 21.4 Å². The van der Waals surface area contributed by atoms with E-state index in [-0.39, 0.29) is 17.7 Å². The molecule has 1 aromatic carbocycles. The second-order valence-corrected chi connectivity index (χ2v) is 6.60. The monoisotopic (exact) mass is 308 g/mol. The molecule has 0 aromatic heterocycles. The van der Waals surface area contributed by atoms with E-state index in [2.05, 4.69) is 15.9 Å². The van der Waals surface area contributed by atoms with Crippen LogP contribution in [0.25, 0.3) is 0 Å². The van der Waals surface area contributed by atoms with Crippen molar-refractivity contribution in [1.82, 2.24) is 0 Å². The summed E-state index contributed by atoms with van der Waals surface area (Å²) in [6, 6.07) is 3.99. The zero-order valence-corrected chi connectivity index (χ0v) is 10.9. The van der Waals surface area contributed by atoms with Crippen LogP contribution in [0, 0.1) is 5.82 Å². The molecule has 0 spiro atoms. The van der Waals surface area contributed by atoms with Gasteiger partial charge in [-0.15, -0.1) is 0 Å². The van der Waals surface area contributed by atoms with Gasteiger partial charge in [0.25, 0.3) is 0 Å². The van der Waals surface area contributed by atoms with Gasteiger partial charge in [-0.1, -0.05) is 15.9 Å². The molecule has 0 unspecified atom stereocenters. The summed E-state index contributed by atoms with van der Waals surface area (Å²) in [5.74, 6) is -1.41. The summed E-state index contributed by atoms with van der Waals surface area (Å²) < 4.78 is 35.6. The van der Waals surface area contributed by atoms with Gasteiger partial charge in [0.1, 0.15) is 15.7 Å². The highest BCUT2D eigenvalue weighted by Crippen LogP contribution is 2.17. The third-order valence-electron chi connectivity index (χ3n) is 1.93. The fourth-order valence-corrected chi connectivity index (χ4v) is 2.04. The molecule has 0 aliphatic heterocycles. The minimum Gasteiger partial charge on any atom is -0.294 e. The molecule has 88 valence electrons. The molecular weight excluding hydrogens is 299 g/mol. The first-order valence-corrected chi connectivity index (χ1v) is 7.31. The molecule has 0 aliphatic rings. The molecule has 16 heavy (non-hydrogen) atoms. The molecule has 0 aliphatic carbocycles. The maximum absolute atomic E-state index is 13.2. The van der Waals surface area contributed by atoms with Gasteiger partial charge in [0.2, 0.25) is 0 Å². The molecule has 6 heteroatoms. The van der Waals surface area contributed by atoms with Crippen LogP contribution in [-0.4, -0.2) is 26.2 Å². The Balaban J connectivity index is 2.85. The van der Waals surface area contributed by atoms with E-state index in [0.29, 0.717) is 4.47 Å². The highest BCUT2D eigenvalue weighted by atomic mass is 79.9. The average molecular weight is 309 g/mol. The summed E-state index contributed by atoms with van der Waals surface area (Å²) in [4.78, 5) is 11.5. The van der Waals surface area contributed by atoms with E-state index in [1.807, 2.05) is 0 Å². The molecule has 0 amide bonds. The zero-order chi connectivity index (χ0) is 12.3. The lowest BCUT2D eigenvalue weighted by Gasteiger charge is -2.02. The van der Waals surface area contributed by atoms with Crippen LogP contribution >= 0.6 is 15.9 Å². The van der Waals surface area contributed by atoms with Crippen LogP contribution in [0.1, 0.15) is 16.8 Å². The summed E-state index contributed by atoms with van der Waals surface area (Å²) in [6.45, 7) is 0. The topological polar surface area (TPSA) is 51.2 Å². The molecule has 0 atom stereocenters. The Morgan fingerprint density at radius 3 is 2.62 bits per heavy atom. The van der Waals surface area contributed by atoms with Crippen molar-refractivity contribution in [2.75, 3.05) is 12.0 Å². The van der Waals surface area contributed by atoms with Crippen LogP contribution in [0.2, 0.25) is 0 Å². The van der Waals surface area contributed by atoms with Crippen molar-refractivity contribution in [3.8, 4) is 0 Å². The van der Waals surface area contributed by atoms with E-state index in [0.717, 1.165) is 12.3 Å². The minimum absolute atomic E-state index is 0.0852. The molecule has 3 nitrogen and oxygen atoms in total. The predicted octanol–water partition coefficient (Wildman–Crippen LogP) is 2.21. The van der Waals surface area contributed by atoms with Crippen LogP contribution < -0.4 is 0 Å². The summed E-state index contributed by atoms with van der Waals surface area (Å²) >= 11 is 3.12. The van der Waals surface area contributed by atoms with Crippen LogP contribution in [0.4, 0.5) is 4.39 Å². The number of rotatable bonds is 4. The number of hydrogen-bond donors (Lipinski definition) is 0. The summed E-state index contributed by atoms with van der Waals surface area (Å²) in [6.07, 6.45) is 0.837. The summed E-state index contributed by atoms with van der Waals surface area (Å²) in [5, 5.41) is 0. The van der Waals surface area contributed by atoms with Gasteiger partial charge < -0.3 is 0 Å². The number of halogens is 2. The van der Waals surface area contributed by atoms with Crippen molar-refractivity contribution < 1.29 is 17.6 Å². The SMILES string of the molecule is CS(=O)(=O)CCC(=O)c1cc(Br)ccc1F. The van der Waals surface area contributed by atoms with E-state index in [9.17, 15) is 17.6 Å². The van der Waals surface area contributed by atoms with E-state index >= 15 is 0 Å². The Hall–Kier alpha value is -0.750. The molecule has 0 saturated carbocycles. The summed E-state index contributed by atoms with van der Waals surface area (Å²) in [5.41, 5.74) is -0.0852. The molecule has 0 radical (unpaired) electrons. The van der Waals surface area contributed by atoms with Gasteiger partial charge in [0.15, 0.2) is 5.78 Å². The first-order valence-electron chi connectivity index (χ1n) is 4.45. The smallest absolute Gasteiger partial charge is 0.166 e. The third kappa shape index (κ3) is 4.02.